The largest absolute Gasteiger partial charge is 0.336 e. The second kappa shape index (κ2) is 6.06. The summed E-state index contributed by atoms with van der Waals surface area (Å²) in [5, 5.41) is 0.225. The zero-order chi connectivity index (χ0) is 13.8. The number of aromatic nitrogens is 2. The number of hydrazine groups is 1. The predicted octanol–water partition coefficient (Wildman–Crippen LogP) is 2.43. The number of rotatable bonds is 2. The fraction of sp³-hybridized carbons (Fsp3) is 0.583. The molecule has 0 bridgehead atoms. The molecular formula is C12H18ClN5O. The number of carbonyl (C=O) groups is 1. The van der Waals surface area contributed by atoms with Crippen LogP contribution in [-0.2, 0) is 0 Å². The van der Waals surface area contributed by atoms with E-state index in [4.69, 9.17) is 11.6 Å². The minimum Gasteiger partial charge on any atom is -0.318 e. The van der Waals surface area contributed by atoms with Gasteiger partial charge in [-0.1, -0.05) is 11.6 Å². The van der Waals surface area contributed by atoms with Crippen molar-refractivity contribution in [3.63, 3.8) is 0 Å². The summed E-state index contributed by atoms with van der Waals surface area (Å²) in [7, 11) is 0. The van der Waals surface area contributed by atoms with E-state index in [0.717, 1.165) is 19.3 Å². The Morgan fingerprint density at radius 2 is 1.95 bits per heavy atom. The number of amides is 2. The highest BCUT2D eigenvalue weighted by Crippen LogP contribution is 2.22. The van der Waals surface area contributed by atoms with E-state index in [1.165, 1.54) is 12.4 Å². The van der Waals surface area contributed by atoms with Crippen LogP contribution < -0.4 is 10.9 Å². The molecule has 1 unspecified atom stereocenters. The Morgan fingerprint density at radius 3 is 2.58 bits per heavy atom. The highest BCUT2D eigenvalue weighted by atomic mass is 35.5. The van der Waals surface area contributed by atoms with E-state index in [2.05, 4.69) is 34.7 Å². The molecule has 1 saturated heterocycles. The van der Waals surface area contributed by atoms with Gasteiger partial charge < -0.3 is 4.90 Å². The van der Waals surface area contributed by atoms with Crippen molar-refractivity contribution in [3.8, 4) is 0 Å². The lowest BCUT2D eigenvalue weighted by Gasteiger charge is -2.38. The summed E-state index contributed by atoms with van der Waals surface area (Å²) in [4.78, 5) is 21.9. The summed E-state index contributed by atoms with van der Waals surface area (Å²) in [5.41, 5.74) is 5.32. The number of hydrogen-bond acceptors (Lipinski definition) is 4. The van der Waals surface area contributed by atoms with Gasteiger partial charge >= 0.3 is 6.03 Å². The Labute approximate surface area is 117 Å². The van der Waals surface area contributed by atoms with E-state index in [9.17, 15) is 4.79 Å². The molecule has 2 amide bonds. The summed E-state index contributed by atoms with van der Waals surface area (Å²) in [5.74, 6) is 0.342. The molecule has 0 aromatic carbocycles. The first-order valence-corrected chi connectivity index (χ1v) is 6.78. The van der Waals surface area contributed by atoms with Gasteiger partial charge in [0.05, 0.1) is 0 Å². The van der Waals surface area contributed by atoms with Crippen LogP contribution in [0.5, 0.6) is 0 Å². The molecular weight excluding hydrogens is 266 g/mol. The van der Waals surface area contributed by atoms with Crippen molar-refractivity contribution in [2.45, 2.75) is 45.2 Å². The summed E-state index contributed by atoms with van der Waals surface area (Å²) >= 11 is 5.85. The average molecular weight is 284 g/mol. The number of likely N-dealkylation sites (tertiary alicyclic amines) is 1. The van der Waals surface area contributed by atoms with E-state index < -0.39 is 0 Å². The number of halogens is 1. The van der Waals surface area contributed by atoms with E-state index in [1.54, 1.807) is 0 Å². The number of hydrogen-bond donors (Lipinski definition) is 2. The van der Waals surface area contributed by atoms with Crippen LogP contribution in [0.25, 0.3) is 0 Å². The highest BCUT2D eigenvalue weighted by Gasteiger charge is 2.28. The van der Waals surface area contributed by atoms with E-state index in [0.29, 0.717) is 5.82 Å². The molecule has 6 nitrogen and oxygen atoms in total. The van der Waals surface area contributed by atoms with Crippen LogP contribution in [0.15, 0.2) is 12.4 Å². The monoisotopic (exact) mass is 283 g/mol. The van der Waals surface area contributed by atoms with Crippen LogP contribution >= 0.6 is 11.6 Å². The third-order valence-corrected chi connectivity index (χ3v) is 3.65. The highest BCUT2D eigenvalue weighted by molar-refractivity contribution is 6.31. The lowest BCUT2D eigenvalue weighted by molar-refractivity contribution is 0.124. The van der Waals surface area contributed by atoms with Gasteiger partial charge in [0.15, 0.2) is 11.0 Å². The van der Waals surface area contributed by atoms with Crippen molar-refractivity contribution in [2.75, 3.05) is 5.43 Å². The molecule has 0 radical (unpaired) electrons. The Kier molecular flexibility index (Phi) is 4.42. The molecule has 2 rings (SSSR count). The fourth-order valence-electron chi connectivity index (χ4n) is 2.40. The molecule has 1 aromatic heterocycles. The zero-order valence-corrected chi connectivity index (χ0v) is 11.8. The molecule has 2 N–H and O–H groups in total. The van der Waals surface area contributed by atoms with Crippen LogP contribution in [-0.4, -0.2) is 33.0 Å². The van der Waals surface area contributed by atoms with Crippen LogP contribution in [0.1, 0.15) is 33.1 Å². The van der Waals surface area contributed by atoms with Crippen molar-refractivity contribution in [2.24, 2.45) is 0 Å². The molecule has 7 heteroatoms. The lowest BCUT2D eigenvalue weighted by Crippen LogP contribution is -2.53. The van der Waals surface area contributed by atoms with Gasteiger partial charge in [-0.3, -0.25) is 10.9 Å². The molecule has 2 atom stereocenters. The van der Waals surface area contributed by atoms with Gasteiger partial charge in [-0.15, -0.1) is 0 Å². The quantitative estimate of drug-likeness (QED) is 0.818. The number of urea groups is 1. The molecule has 2 heterocycles. The van der Waals surface area contributed by atoms with Crippen LogP contribution in [0.4, 0.5) is 10.6 Å². The third-order valence-electron chi connectivity index (χ3n) is 3.37. The molecule has 1 aliphatic rings. The van der Waals surface area contributed by atoms with Crippen LogP contribution in [0, 0.1) is 0 Å². The molecule has 1 aliphatic heterocycles. The topological polar surface area (TPSA) is 70.2 Å². The van der Waals surface area contributed by atoms with Gasteiger partial charge in [0.2, 0.25) is 0 Å². The number of anilines is 1. The number of carbonyl (C=O) groups excluding carboxylic acids is 1. The summed E-state index contributed by atoms with van der Waals surface area (Å²) < 4.78 is 0. The Bertz CT molecular complexity index is 446. The van der Waals surface area contributed by atoms with Gasteiger partial charge in [-0.05, 0) is 33.1 Å². The average Bonchev–Trinajstić information content (AvgIpc) is 2.37. The summed E-state index contributed by atoms with van der Waals surface area (Å²) in [6.45, 7) is 4.12. The van der Waals surface area contributed by atoms with Crippen LogP contribution in [0.2, 0.25) is 5.15 Å². The molecule has 0 saturated carbocycles. The zero-order valence-electron chi connectivity index (χ0n) is 11.1. The van der Waals surface area contributed by atoms with Crippen molar-refractivity contribution < 1.29 is 4.79 Å². The molecule has 0 spiro atoms. The van der Waals surface area contributed by atoms with Gasteiger partial charge in [-0.25, -0.2) is 14.8 Å². The van der Waals surface area contributed by atoms with Crippen LogP contribution in [0.3, 0.4) is 0 Å². The SMILES string of the molecule is CC1CCC[C@@H](C)N1C(=O)NNc1nccnc1Cl. The van der Waals surface area contributed by atoms with Gasteiger partial charge in [0.1, 0.15) is 0 Å². The minimum atomic E-state index is -0.165. The normalized spacial score (nSPS) is 23.0. The second-order valence-corrected chi connectivity index (χ2v) is 5.15. The molecule has 0 aliphatic carbocycles. The maximum Gasteiger partial charge on any atom is 0.336 e. The van der Waals surface area contributed by atoms with Gasteiger partial charge in [0, 0.05) is 24.5 Å². The van der Waals surface area contributed by atoms with Crippen molar-refractivity contribution in [3.05, 3.63) is 17.5 Å². The number of nitrogens with zero attached hydrogens (tertiary/aromatic N) is 3. The second-order valence-electron chi connectivity index (χ2n) is 4.79. The maximum absolute atomic E-state index is 12.2. The Balaban J connectivity index is 1.95. The maximum atomic E-state index is 12.2. The molecule has 1 aromatic rings. The predicted molar refractivity (Wildman–Crippen MR) is 73.8 cm³/mol. The fourth-order valence-corrected chi connectivity index (χ4v) is 2.56. The van der Waals surface area contributed by atoms with E-state index in [-0.39, 0.29) is 23.3 Å². The number of nitrogens with one attached hydrogen (secondary N) is 2. The smallest absolute Gasteiger partial charge is 0.318 e. The van der Waals surface area contributed by atoms with Crippen molar-refractivity contribution in [1.29, 1.82) is 0 Å². The first-order valence-electron chi connectivity index (χ1n) is 6.40. The molecule has 1 fully saturated rings. The summed E-state index contributed by atoms with van der Waals surface area (Å²) in [6, 6.07) is 0.312. The third kappa shape index (κ3) is 3.26. The van der Waals surface area contributed by atoms with E-state index in [1.807, 2.05) is 4.90 Å². The first kappa shape index (κ1) is 13.9. The number of piperidine rings is 1. The summed E-state index contributed by atoms with van der Waals surface area (Å²) in [6.07, 6.45) is 6.22. The van der Waals surface area contributed by atoms with Gasteiger partial charge in [0.25, 0.3) is 0 Å². The molecule has 19 heavy (non-hydrogen) atoms. The standard InChI is InChI=1S/C12H18ClN5O/c1-8-4-3-5-9(2)18(8)12(19)17-16-11-10(13)14-6-7-15-11/h6-9H,3-5H2,1-2H3,(H,15,16)(H,17,19)/t8-,9?/m1/s1. The Morgan fingerprint density at radius 1 is 1.32 bits per heavy atom. The Hall–Kier alpha value is -1.56. The van der Waals surface area contributed by atoms with Gasteiger partial charge in [-0.2, -0.15) is 0 Å². The van der Waals surface area contributed by atoms with E-state index >= 15 is 0 Å². The lowest BCUT2D eigenvalue weighted by atomic mass is 9.98. The molecule has 104 valence electrons. The van der Waals surface area contributed by atoms with Crippen molar-refractivity contribution in [1.82, 2.24) is 20.3 Å². The minimum absolute atomic E-state index is 0.165. The van der Waals surface area contributed by atoms with Crippen molar-refractivity contribution >= 4 is 23.4 Å². The first-order chi connectivity index (χ1) is 9.09.